The number of aromatic nitrogens is 5. The standard InChI is InChI=1S/C37H42BrN7O4/c1-22-11-12-31(38)41-35(22)42-36(48)29-16-37-17-30(37)45(29)32(47)20-44-34-25(10-8-6-4-5-7-9-13-49-21-37)14-26(27-18-39-24(3)40-19-27)15-28(34)33(43-44)23(2)46/h11-12,14-15,18-19,29-30H,4-10,13,16-17,20-21H2,1-3H3,(H,41,42,48)/t29-,30+,37-/m0/s1. The van der Waals surface area contributed by atoms with Gasteiger partial charge in [0, 0.05) is 48.3 Å². The number of anilines is 1. The third-order valence-electron chi connectivity index (χ3n) is 10.3. The Hall–Kier alpha value is -4.03. The molecule has 1 aliphatic carbocycles. The number of piperidine rings is 1. The quantitative estimate of drug-likeness (QED) is 0.189. The van der Waals surface area contributed by atoms with Crippen molar-refractivity contribution in [3.8, 4) is 11.1 Å². The fourth-order valence-electron chi connectivity index (χ4n) is 7.64. The van der Waals surface area contributed by atoms with Crippen LogP contribution in [0.3, 0.4) is 0 Å². The molecule has 12 heteroatoms. The molecule has 3 aromatic heterocycles. The van der Waals surface area contributed by atoms with Gasteiger partial charge in [0.25, 0.3) is 0 Å². The molecule has 49 heavy (non-hydrogen) atoms. The molecule has 2 fully saturated rings. The average Bonchev–Trinajstić information content (AvgIpc) is 3.48. The number of hydrogen-bond acceptors (Lipinski definition) is 8. The second-order valence-corrected chi connectivity index (χ2v) is 14.7. The molecule has 2 amide bonds. The minimum Gasteiger partial charge on any atom is -0.381 e. The van der Waals surface area contributed by atoms with Crippen LogP contribution in [0.15, 0.2) is 41.3 Å². The first kappa shape index (κ1) is 33.5. The molecule has 7 rings (SSSR count). The Morgan fingerprint density at radius 3 is 2.53 bits per heavy atom. The van der Waals surface area contributed by atoms with Gasteiger partial charge in [-0.1, -0.05) is 31.7 Å². The van der Waals surface area contributed by atoms with Crippen molar-refractivity contribution in [2.24, 2.45) is 5.41 Å². The first-order valence-corrected chi connectivity index (χ1v) is 18.1. The van der Waals surface area contributed by atoms with E-state index in [9.17, 15) is 14.4 Å². The van der Waals surface area contributed by atoms with Crippen molar-refractivity contribution in [2.45, 2.75) is 97.2 Å². The Labute approximate surface area is 294 Å². The summed E-state index contributed by atoms with van der Waals surface area (Å²) in [7, 11) is 0. The van der Waals surface area contributed by atoms with Gasteiger partial charge in [-0.3, -0.25) is 19.1 Å². The third-order valence-corrected chi connectivity index (χ3v) is 10.8. The molecule has 1 aromatic carbocycles. The van der Waals surface area contributed by atoms with Gasteiger partial charge in [0.05, 0.1) is 12.1 Å². The van der Waals surface area contributed by atoms with Crippen LogP contribution in [0.2, 0.25) is 0 Å². The molecular formula is C37H42BrN7O4. The summed E-state index contributed by atoms with van der Waals surface area (Å²) in [6.07, 6.45) is 12.1. The van der Waals surface area contributed by atoms with Crippen LogP contribution in [0.1, 0.15) is 85.7 Å². The topological polar surface area (TPSA) is 132 Å². The number of ether oxygens (including phenoxy) is 1. The van der Waals surface area contributed by atoms with Crippen LogP contribution in [-0.4, -0.2) is 72.5 Å². The van der Waals surface area contributed by atoms with Gasteiger partial charge in [0.15, 0.2) is 5.78 Å². The molecule has 256 valence electrons. The normalized spacial score (nSPS) is 23.1. The number of pyridine rings is 1. The van der Waals surface area contributed by atoms with Crippen molar-refractivity contribution in [2.75, 3.05) is 18.5 Å². The Morgan fingerprint density at radius 1 is 1.00 bits per heavy atom. The number of halogens is 1. The number of hydrogen-bond donors (Lipinski definition) is 1. The molecule has 2 bridgehead atoms. The molecule has 11 nitrogen and oxygen atoms in total. The van der Waals surface area contributed by atoms with Crippen LogP contribution in [0.5, 0.6) is 0 Å². The number of ketones is 1. The zero-order valence-electron chi connectivity index (χ0n) is 28.3. The summed E-state index contributed by atoms with van der Waals surface area (Å²) in [4.78, 5) is 56.4. The van der Waals surface area contributed by atoms with Gasteiger partial charge < -0.3 is 15.0 Å². The number of rotatable bonds is 4. The summed E-state index contributed by atoms with van der Waals surface area (Å²) < 4.78 is 8.50. The van der Waals surface area contributed by atoms with Gasteiger partial charge >= 0.3 is 0 Å². The zero-order valence-corrected chi connectivity index (χ0v) is 29.9. The number of aryl methyl sites for hydroxylation is 3. The predicted octanol–water partition coefficient (Wildman–Crippen LogP) is 6.38. The summed E-state index contributed by atoms with van der Waals surface area (Å²) in [5.41, 5.74) is 4.49. The van der Waals surface area contributed by atoms with Crippen LogP contribution in [0, 0.1) is 19.3 Å². The molecule has 1 N–H and O–H groups in total. The van der Waals surface area contributed by atoms with Crippen molar-refractivity contribution in [3.63, 3.8) is 0 Å². The van der Waals surface area contributed by atoms with Crippen LogP contribution in [0.4, 0.5) is 5.82 Å². The van der Waals surface area contributed by atoms with Gasteiger partial charge in [-0.15, -0.1) is 0 Å². The van der Waals surface area contributed by atoms with Crippen molar-refractivity contribution in [1.82, 2.24) is 29.6 Å². The fourth-order valence-corrected chi connectivity index (χ4v) is 7.95. The van der Waals surface area contributed by atoms with E-state index in [1.165, 1.54) is 6.92 Å². The molecule has 0 unspecified atom stereocenters. The maximum atomic E-state index is 14.5. The smallest absolute Gasteiger partial charge is 0.248 e. The molecule has 1 saturated heterocycles. The SMILES string of the molecule is CC(=O)c1nn2c3c(cc(-c4cnc(C)nc4)cc13)CCCCCCCCOC[C@@]13C[C@@H](C(=O)Nc4nc(Br)ccc4C)N(C(=O)C2)[C@@H]1C3. The molecule has 5 heterocycles. The molecule has 1 saturated carbocycles. The highest BCUT2D eigenvalue weighted by Crippen LogP contribution is 2.60. The lowest BCUT2D eigenvalue weighted by molar-refractivity contribution is -0.138. The number of carbonyl (C=O) groups is 3. The molecule has 0 spiro atoms. The monoisotopic (exact) mass is 727 g/mol. The lowest BCUT2D eigenvalue weighted by Gasteiger charge is -2.27. The summed E-state index contributed by atoms with van der Waals surface area (Å²) in [5, 5.41) is 8.49. The average molecular weight is 729 g/mol. The molecule has 2 aliphatic heterocycles. The van der Waals surface area contributed by atoms with Crippen molar-refractivity contribution >= 4 is 50.2 Å². The van der Waals surface area contributed by atoms with E-state index in [1.807, 2.05) is 32.0 Å². The zero-order chi connectivity index (χ0) is 34.3. The highest BCUT2D eigenvalue weighted by molar-refractivity contribution is 9.10. The second-order valence-electron chi connectivity index (χ2n) is 13.9. The Balaban J connectivity index is 1.27. The van der Waals surface area contributed by atoms with Crippen molar-refractivity contribution < 1.29 is 19.1 Å². The lowest BCUT2D eigenvalue weighted by atomic mass is 9.96. The van der Waals surface area contributed by atoms with Crippen LogP contribution < -0.4 is 5.32 Å². The summed E-state index contributed by atoms with van der Waals surface area (Å²) in [6.45, 7) is 6.36. The fraction of sp³-hybridized carbons (Fsp3) is 0.486. The minimum absolute atomic E-state index is 0.0881. The lowest BCUT2D eigenvalue weighted by Crippen LogP contribution is -2.47. The van der Waals surface area contributed by atoms with Gasteiger partial charge in [-0.2, -0.15) is 5.10 Å². The number of nitrogens with zero attached hydrogens (tertiary/aromatic N) is 6. The Kier molecular flexibility index (Phi) is 9.36. The maximum Gasteiger partial charge on any atom is 0.248 e. The van der Waals surface area contributed by atoms with E-state index >= 15 is 0 Å². The van der Waals surface area contributed by atoms with Crippen LogP contribution in [0.25, 0.3) is 22.0 Å². The van der Waals surface area contributed by atoms with Crippen molar-refractivity contribution in [1.29, 1.82) is 0 Å². The summed E-state index contributed by atoms with van der Waals surface area (Å²) in [5.74, 6) is 0.507. The maximum absolute atomic E-state index is 14.5. The van der Waals surface area contributed by atoms with E-state index in [-0.39, 0.29) is 35.6 Å². The van der Waals surface area contributed by atoms with E-state index in [2.05, 4.69) is 42.3 Å². The van der Waals surface area contributed by atoms with E-state index < -0.39 is 6.04 Å². The second kappa shape index (κ2) is 13.7. The van der Waals surface area contributed by atoms with Gasteiger partial charge in [0.2, 0.25) is 11.8 Å². The van der Waals surface area contributed by atoms with E-state index in [1.54, 1.807) is 22.0 Å². The predicted molar refractivity (Wildman–Crippen MR) is 189 cm³/mol. The van der Waals surface area contributed by atoms with Gasteiger partial charge in [-0.25, -0.2) is 15.0 Å². The number of Topliss-reactive ketones (excluding diaryl/α,β-unsaturated/α-hetero) is 1. The first-order valence-electron chi connectivity index (χ1n) is 17.3. The van der Waals surface area contributed by atoms with Gasteiger partial charge in [-0.05, 0) is 96.8 Å². The molecule has 0 radical (unpaired) electrons. The summed E-state index contributed by atoms with van der Waals surface area (Å²) in [6, 6.07) is 7.02. The number of benzene rings is 1. The highest BCUT2D eigenvalue weighted by Gasteiger charge is 2.67. The molecular weight excluding hydrogens is 686 g/mol. The Morgan fingerprint density at radius 2 is 1.76 bits per heavy atom. The van der Waals surface area contributed by atoms with Gasteiger partial charge in [0.1, 0.15) is 34.5 Å². The number of nitrogens with one attached hydrogen (secondary N) is 1. The summed E-state index contributed by atoms with van der Waals surface area (Å²) >= 11 is 3.40. The third kappa shape index (κ3) is 6.77. The van der Waals surface area contributed by atoms with Crippen LogP contribution >= 0.6 is 15.9 Å². The molecule has 3 aliphatic rings. The van der Waals surface area contributed by atoms with Crippen LogP contribution in [-0.2, 0) is 27.3 Å². The number of amides is 2. The van der Waals surface area contributed by atoms with E-state index in [0.29, 0.717) is 47.0 Å². The highest BCUT2D eigenvalue weighted by atomic mass is 79.9. The number of carbonyl (C=O) groups excluding carboxylic acids is 3. The van der Waals surface area contributed by atoms with E-state index in [4.69, 9.17) is 9.84 Å². The molecule has 4 aromatic rings. The minimum atomic E-state index is -0.682. The Bertz CT molecular complexity index is 1930. The van der Waals surface area contributed by atoms with Crippen molar-refractivity contribution in [3.05, 3.63) is 63.9 Å². The first-order chi connectivity index (χ1) is 23.6. The van der Waals surface area contributed by atoms with E-state index in [0.717, 1.165) is 79.1 Å². The largest absolute Gasteiger partial charge is 0.381 e. The molecule has 3 atom stereocenters.